The molecule has 0 unspecified atom stereocenters. The van der Waals surface area contributed by atoms with Crippen LogP contribution in [-0.4, -0.2) is 30.1 Å². The first-order valence-electron chi connectivity index (χ1n) is 15.2. The van der Waals surface area contributed by atoms with E-state index in [4.69, 9.17) is 15.7 Å². The van der Waals surface area contributed by atoms with E-state index in [-0.39, 0.29) is 0 Å². The van der Waals surface area contributed by atoms with E-state index in [2.05, 4.69) is 126 Å². The number of nitrogens with two attached hydrogens (primary N) is 1. The first-order chi connectivity index (χ1) is 22.0. The van der Waals surface area contributed by atoms with Crippen molar-refractivity contribution in [1.82, 2.24) is 9.97 Å². The Morgan fingerprint density at radius 1 is 0.667 bits per heavy atom. The highest BCUT2D eigenvalue weighted by Crippen LogP contribution is 2.39. The summed E-state index contributed by atoms with van der Waals surface area (Å²) in [5.41, 5.74) is 15.6. The Morgan fingerprint density at radius 2 is 1.16 bits per heavy atom. The molecule has 0 bridgehead atoms. The van der Waals surface area contributed by atoms with Crippen LogP contribution in [-0.2, 0) is 25.9 Å². The molecule has 3 N–H and O–H groups in total. The monoisotopic (exact) mass is 720 g/mol. The minimum absolute atomic E-state index is 0.872. The van der Waals surface area contributed by atoms with Gasteiger partial charge in [-0.3, -0.25) is 0 Å². The molecular formula is C37H34Br2N6. The molecule has 8 rings (SSSR count). The van der Waals surface area contributed by atoms with Crippen LogP contribution in [0, 0.1) is 0 Å². The van der Waals surface area contributed by atoms with Crippen LogP contribution in [0.5, 0.6) is 0 Å². The van der Waals surface area contributed by atoms with Gasteiger partial charge in [-0.15, -0.1) is 0 Å². The van der Waals surface area contributed by atoms with Gasteiger partial charge in [-0.1, -0.05) is 92.5 Å². The Hall–Kier alpha value is -4.14. The number of halogens is 2. The fourth-order valence-corrected chi connectivity index (χ4v) is 7.18. The third kappa shape index (κ3) is 5.97. The average molecular weight is 723 g/mol. The lowest BCUT2D eigenvalue weighted by molar-refractivity contribution is 0.827. The van der Waals surface area contributed by atoms with E-state index in [9.17, 15) is 0 Å². The lowest BCUT2D eigenvalue weighted by Gasteiger charge is -2.20. The minimum Gasteiger partial charge on any atom is -0.398 e. The van der Waals surface area contributed by atoms with Gasteiger partial charge in [0.25, 0.3) is 0 Å². The van der Waals surface area contributed by atoms with Gasteiger partial charge < -0.3 is 20.9 Å². The minimum atomic E-state index is 0.872. The molecule has 8 heteroatoms. The van der Waals surface area contributed by atoms with Crippen LogP contribution < -0.4 is 20.9 Å². The predicted octanol–water partition coefficient (Wildman–Crippen LogP) is 8.74. The molecule has 2 aromatic heterocycles. The number of pyridine rings is 2. The normalized spacial score (nSPS) is 13.5. The smallest absolute Gasteiger partial charge is 0.134 e. The van der Waals surface area contributed by atoms with E-state index in [1.807, 2.05) is 25.2 Å². The second-order valence-corrected chi connectivity index (χ2v) is 13.3. The Labute approximate surface area is 280 Å². The van der Waals surface area contributed by atoms with Crippen molar-refractivity contribution in [3.05, 3.63) is 128 Å². The van der Waals surface area contributed by atoms with Gasteiger partial charge in [0.2, 0.25) is 0 Å². The van der Waals surface area contributed by atoms with Gasteiger partial charge in [-0.2, -0.15) is 0 Å². The van der Waals surface area contributed by atoms with Crippen LogP contribution in [0.2, 0.25) is 0 Å². The first-order valence-corrected chi connectivity index (χ1v) is 16.8. The molecule has 0 aliphatic carbocycles. The van der Waals surface area contributed by atoms with Crippen LogP contribution in [0.25, 0.3) is 21.8 Å². The van der Waals surface area contributed by atoms with Gasteiger partial charge in [-0.05, 0) is 60.4 Å². The number of nitrogen functional groups attached to an aromatic ring is 1. The van der Waals surface area contributed by atoms with E-state index in [1.54, 1.807) is 0 Å². The van der Waals surface area contributed by atoms with Crippen LogP contribution in [0.3, 0.4) is 0 Å². The molecule has 0 saturated heterocycles. The van der Waals surface area contributed by atoms with Crippen molar-refractivity contribution >= 4 is 76.7 Å². The number of hydrogen-bond acceptors (Lipinski definition) is 6. The fourth-order valence-electron chi connectivity index (χ4n) is 6.46. The molecule has 2 aliphatic heterocycles. The summed E-state index contributed by atoms with van der Waals surface area (Å²) < 4.78 is 2.12. The molecule has 0 spiro atoms. The fraction of sp³-hybridized carbons (Fsp3) is 0.189. The standard InChI is InChI=1S/C19H18BrN3.C18H16BrN3/c1-21-18-15-9-10-23(12-13-5-3-2-4-6-13)19(15)22-17-8-7-14(20)11-16(17)18;19-13-6-7-16-15(10-13)17(20)14-8-9-22(18(14)21-16)11-12-4-2-1-3-5-12/h2-8,11H,9-10,12H2,1H3,(H,21,22);1-7,10H,8-9,11H2,(H2,20,21). The highest BCUT2D eigenvalue weighted by molar-refractivity contribution is 9.10. The van der Waals surface area contributed by atoms with Gasteiger partial charge in [0.15, 0.2) is 0 Å². The summed E-state index contributed by atoms with van der Waals surface area (Å²) >= 11 is 7.08. The van der Waals surface area contributed by atoms with E-state index in [0.29, 0.717) is 0 Å². The number of nitrogens with zero attached hydrogens (tertiary/aromatic N) is 4. The molecule has 6 aromatic rings. The number of fused-ring (bicyclic) bond motifs is 4. The van der Waals surface area contributed by atoms with Crippen LogP contribution >= 0.6 is 31.9 Å². The molecule has 0 saturated carbocycles. The van der Waals surface area contributed by atoms with Crippen molar-refractivity contribution in [2.45, 2.75) is 25.9 Å². The molecular weight excluding hydrogens is 688 g/mol. The summed E-state index contributed by atoms with van der Waals surface area (Å²) in [6.07, 6.45) is 2.00. The third-order valence-electron chi connectivity index (χ3n) is 8.64. The SMILES string of the molecule is CNc1c2c(nc3ccc(Br)cc13)N(Cc1ccccc1)CC2.Nc1c2c(nc3ccc(Br)cc13)N(Cc1ccccc1)CC2. The van der Waals surface area contributed by atoms with E-state index in [1.165, 1.54) is 33.3 Å². The summed E-state index contributed by atoms with van der Waals surface area (Å²) in [5, 5.41) is 5.61. The zero-order chi connectivity index (χ0) is 30.9. The Bertz CT molecular complexity index is 2000. The number of anilines is 4. The lowest BCUT2D eigenvalue weighted by Crippen LogP contribution is -2.20. The molecule has 0 fully saturated rings. The van der Waals surface area contributed by atoms with Crippen LogP contribution in [0.1, 0.15) is 22.3 Å². The first kappa shape index (κ1) is 29.6. The maximum atomic E-state index is 6.41. The highest BCUT2D eigenvalue weighted by Gasteiger charge is 2.26. The molecule has 2 aliphatic rings. The lowest BCUT2D eigenvalue weighted by atomic mass is 10.1. The predicted molar refractivity (Wildman–Crippen MR) is 195 cm³/mol. The molecule has 0 amide bonds. The zero-order valence-electron chi connectivity index (χ0n) is 25.1. The van der Waals surface area contributed by atoms with Crippen molar-refractivity contribution in [2.24, 2.45) is 0 Å². The van der Waals surface area contributed by atoms with E-state index in [0.717, 1.165) is 81.7 Å². The summed E-state index contributed by atoms with van der Waals surface area (Å²) in [7, 11) is 2.00. The Kier molecular flexibility index (Phi) is 8.34. The van der Waals surface area contributed by atoms with Crippen LogP contribution in [0.4, 0.5) is 23.0 Å². The maximum absolute atomic E-state index is 6.41. The second-order valence-electron chi connectivity index (χ2n) is 11.5. The molecule has 4 aromatic carbocycles. The maximum Gasteiger partial charge on any atom is 0.134 e. The largest absolute Gasteiger partial charge is 0.398 e. The summed E-state index contributed by atoms with van der Waals surface area (Å²) in [5.74, 6) is 2.16. The number of aromatic nitrogens is 2. The number of benzene rings is 4. The average Bonchev–Trinajstić information content (AvgIpc) is 3.65. The summed E-state index contributed by atoms with van der Waals surface area (Å²) in [4.78, 5) is 14.5. The number of nitrogens with one attached hydrogen (secondary N) is 1. The highest BCUT2D eigenvalue weighted by atomic mass is 79.9. The van der Waals surface area contributed by atoms with Gasteiger partial charge in [0.05, 0.1) is 16.7 Å². The summed E-state index contributed by atoms with van der Waals surface area (Å²) in [6.45, 7) is 3.77. The Balaban J connectivity index is 0.000000145. The van der Waals surface area contributed by atoms with E-state index >= 15 is 0 Å². The van der Waals surface area contributed by atoms with Crippen molar-refractivity contribution in [3.63, 3.8) is 0 Å². The van der Waals surface area contributed by atoms with Gasteiger partial charge in [-0.25, -0.2) is 9.97 Å². The zero-order valence-corrected chi connectivity index (χ0v) is 28.3. The third-order valence-corrected chi connectivity index (χ3v) is 9.63. The van der Waals surface area contributed by atoms with Crippen molar-refractivity contribution < 1.29 is 0 Å². The molecule has 0 radical (unpaired) electrons. The number of rotatable bonds is 5. The van der Waals surface area contributed by atoms with E-state index < -0.39 is 0 Å². The molecule has 6 nitrogen and oxygen atoms in total. The number of hydrogen-bond donors (Lipinski definition) is 2. The molecule has 4 heterocycles. The summed E-state index contributed by atoms with van der Waals surface area (Å²) in [6, 6.07) is 33.5. The molecule has 45 heavy (non-hydrogen) atoms. The molecule has 0 atom stereocenters. The molecule has 226 valence electrons. The Morgan fingerprint density at radius 3 is 1.71 bits per heavy atom. The topological polar surface area (TPSA) is 70.3 Å². The quantitative estimate of drug-likeness (QED) is 0.186. The van der Waals surface area contributed by atoms with Crippen molar-refractivity contribution in [2.75, 3.05) is 41.0 Å². The van der Waals surface area contributed by atoms with Crippen molar-refractivity contribution in [3.8, 4) is 0 Å². The second kappa shape index (κ2) is 12.7. The van der Waals surface area contributed by atoms with Crippen LogP contribution in [0.15, 0.2) is 106 Å². The van der Waals surface area contributed by atoms with Crippen molar-refractivity contribution in [1.29, 1.82) is 0 Å². The van der Waals surface area contributed by atoms with Gasteiger partial charge in [0, 0.05) is 69.8 Å². The van der Waals surface area contributed by atoms with Gasteiger partial charge >= 0.3 is 0 Å². The van der Waals surface area contributed by atoms with Gasteiger partial charge in [0.1, 0.15) is 11.6 Å².